The molecule has 0 aliphatic rings. The maximum atomic E-state index is 13.0. The molecule has 0 unspecified atom stereocenters. The Morgan fingerprint density at radius 2 is 1.84 bits per heavy atom. The molecular weight excluding hydrogens is 249 g/mol. The molecule has 0 saturated heterocycles. The van der Waals surface area contributed by atoms with Gasteiger partial charge in [0.15, 0.2) is 16.8 Å². The van der Waals surface area contributed by atoms with E-state index < -0.39 is 0 Å². The first-order valence-corrected chi connectivity index (χ1v) is 5.60. The Morgan fingerprint density at radius 3 is 2.63 bits per heavy atom. The zero-order valence-electron chi connectivity index (χ0n) is 10.1. The van der Waals surface area contributed by atoms with Gasteiger partial charge in [0.2, 0.25) is 0 Å². The van der Waals surface area contributed by atoms with Crippen LogP contribution in [0.3, 0.4) is 0 Å². The summed E-state index contributed by atoms with van der Waals surface area (Å²) in [6.45, 7) is 1.76. The summed E-state index contributed by atoms with van der Waals surface area (Å²) in [7, 11) is 0. The largest absolute Gasteiger partial charge is 0.455 e. The van der Waals surface area contributed by atoms with Gasteiger partial charge in [0.25, 0.3) is 0 Å². The average Bonchev–Trinajstić information content (AvgIpc) is 2.86. The quantitative estimate of drug-likeness (QED) is 0.716. The standard InChI is InChI=1S/C13H10FN3O2/c1-7-6-8(14)2-4-10(7)18-11-5-3-9(15)12-13(11)17-19-16-12/h2-6H,15H2,1H3. The van der Waals surface area contributed by atoms with E-state index >= 15 is 0 Å². The number of anilines is 1. The van der Waals surface area contributed by atoms with Gasteiger partial charge < -0.3 is 10.5 Å². The maximum absolute atomic E-state index is 13.0. The Bertz CT molecular complexity index is 755. The monoisotopic (exact) mass is 259 g/mol. The van der Waals surface area contributed by atoms with Crippen LogP contribution in [0.5, 0.6) is 11.5 Å². The van der Waals surface area contributed by atoms with Gasteiger partial charge in [-0.1, -0.05) is 0 Å². The molecule has 0 saturated carbocycles. The summed E-state index contributed by atoms with van der Waals surface area (Å²) in [5, 5.41) is 7.46. The molecule has 5 nitrogen and oxygen atoms in total. The van der Waals surface area contributed by atoms with Crippen molar-refractivity contribution in [3.05, 3.63) is 41.7 Å². The lowest BCUT2D eigenvalue weighted by molar-refractivity contribution is 0.314. The third kappa shape index (κ3) is 1.97. The number of nitrogen functional groups attached to an aromatic ring is 1. The zero-order valence-corrected chi connectivity index (χ0v) is 10.1. The van der Waals surface area contributed by atoms with Crippen molar-refractivity contribution in [2.75, 3.05) is 5.73 Å². The van der Waals surface area contributed by atoms with Gasteiger partial charge in [-0.2, -0.15) is 0 Å². The van der Waals surface area contributed by atoms with Crippen LogP contribution in [0.15, 0.2) is 35.0 Å². The van der Waals surface area contributed by atoms with Crippen LogP contribution in [-0.4, -0.2) is 10.3 Å². The minimum absolute atomic E-state index is 0.310. The smallest absolute Gasteiger partial charge is 0.179 e. The fraction of sp³-hybridized carbons (Fsp3) is 0.0769. The Hall–Kier alpha value is -2.63. The topological polar surface area (TPSA) is 74.2 Å². The van der Waals surface area contributed by atoms with Crippen LogP contribution in [0.2, 0.25) is 0 Å². The summed E-state index contributed by atoms with van der Waals surface area (Å²) < 4.78 is 23.4. The molecule has 19 heavy (non-hydrogen) atoms. The lowest BCUT2D eigenvalue weighted by Crippen LogP contribution is -1.92. The van der Waals surface area contributed by atoms with Crippen molar-refractivity contribution in [1.82, 2.24) is 10.3 Å². The molecule has 3 aromatic rings. The Labute approximate surface area is 107 Å². The van der Waals surface area contributed by atoms with E-state index in [0.717, 1.165) is 0 Å². The second-order valence-electron chi connectivity index (χ2n) is 4.13. The predicted octanol–water partition coefficient (Wildman–Crippen LogP) is 3.04. The van der Waals surface area contributed by atoms with Crippen molar-refractivity contribution < 1.29 is 13.8 Å². The van der Waals surface area contributed by atoms with Gasteiger partial charge in [-0.3, -0.25) is 0 Å². The Kier molecular flexibility index (Phi) is 2.56. The van der Waals surface area contributed by atoms with Crippen LogP contribution < -0.4 is 10.5 Å². The van der Waals surface area contributed by atoms with Gasteiger partial charge in [-0.25, -0.2) is 9.02 Å². The van der Waals surface area contributed by atoms with E-state index in [4.69, 9.17) is 10.5 Å². The molecule has 0 aliphatic heterocycles. The van der Waals surface area contributed by atoms with Crippen molar-refractivity contribution in [2.24, 2.45) is 0 Å². The molecule has 6 heteroatoms. The molecule has 0 amide bonds. The zero-order chi connectivity index (χ0) is 13.4. The molecule has 0 radical (unpaired) electrons. The second-order valence-corrected chi connectivity index (χ2v) is 4.13. The van der Waals surface area contributed by atoms with Crippen LogP contribution >= 0.6 is 0 Å². The lowest BCUT2D eigenvalue weighted by atomic mass is 10.2. The number of aromatic nitrogens is 2. The molecule has 2 N–H and O–H groups in total. The molecule has 0 aliphatic carbocycles. The minimum atomic E-state index is -0.310. The van der Waals surface area contributed by atoms with Crippen LogP contribution in [-0.2, 0) is 0 Å². The van der Waals surface area contributed by atoms with Gasteiger partial charge in [0, 0.05) is 0 Å². The fourth-order valence-electron chi connectivity index (χ4n) is 1.79. The summed E-state index contributed by atoms with van der Waals surface area (Å²) in [6.07, 6.45) is 0. The van der Waals surface area contributed by atoms with E-state index in [0.29, 0.717) is 33.8 Å². The number of fused-ring (bicyclic) bond motifs is 1. The number of nitrogens with zero attached hydrogens (tertiary/aromatic N) is 2. The minimum Gasteiger partial charge on any atom is -0.455 e. The van der Waals surface area contributed by atoms with E-state index in [1.165, 1.54) is 12.1 Å². The number of aryl methyl sites for hydroxylation is 1. The van der Waals surface area contributed by atoms with Crippen molar-refractivity contribution >= 4 is 16.7 Å². The van der Waals surface area contributed by atoms with Gasteiger partial charge in [-0.15, -0.1) is 0 Å². The number of ether oxygens (including phenoxy) is 1. The third-order valence-electron chi connectivity index (χ3n) is 2.77. The second kappa shape index (κ2) is 4.24. The van der Waals surface area contributed by atoms with Crippen LogP contribution in [0, 0.1) is 12.7 Å². The first kappa shape index (κ1) is 11.5. The molecule has 0 atom stereocenters. The molecule has 96 valence electrons. The third-order valence-corrected chi connectivity index (χ3v) is 2.77. The normalized spacial score (nSPS) is 10.8. The highest BCUT2D eigenvalue weighted by atomic mass is 19.1. The van der Waals surface area contributed by atoms with E-state index in [-0.39, 0.29) is 5.82 Å². The molecule has 0 bridgehead atoms. The van der Waals surface area contributed by atoms with Gasteiger partial charge in [-0.05, 0) is 53.1 Å². The SMILES string of the molecule is Cc1cc(F)ccc1Oc1ccc(N)c2nonc12. The van der Waals surface area contributed by atoms with E-state index in [1.54, 1.807) is 25.1 Å². The Balaban J connectivity index is 2.06. The van der Waals surface area contributed by atoms with E-state index in [9.17, 15) is 4.39 Å². The maximum Gasteiger partial charge on any atom is 0.179 e. The van der Waals surface area contributed by atoms with E-state index in [2.05, 4.69) is 14.9 Å². The number of rotatable bonds is 2. The molecule has 0 fully saturated rings. The van der Waals surface area contributed by atoms with Crippen molar-refractivity contribution in [2.45, 2.75) is 6.92 Å². The van der Waals surface area contributed by atoms with Gasteiger partial charge in [0.05, 0.1) is 5.69 Å². The van der Waals surface area contributed by atoms with Crippen LogP contribution in [0.25, 0.3) is 11.0 Å². The molecule has 3 rings (SSSR count). The highest BCUT2D eigenvalue weighted by Gasteiger charge is 2.12. The van der Waals surface area contributed by atoms with Crippen LogP contribution in [0.4, 0.5) is 10.1 Å². The fourth-order valence-corrected chi connectivity index (χ4v) is 1.79. The van der Waals surface area contributed by atoms with Gasteiger partial charge >= 0.3 is 0 Å². The lowest BCUT2D eigenvalue weighted by Gasteiger charge is -2.08. The highest BCUT2D eigenvalue weighted by Crippen LogP contribution is 2.32. The molecule has 1 aromatic heterocycles. The number of nitrogens with two attached hydrogens (primary N) is 1. The average molecular weight is 259 g/mol. The summed E-state index contributed by atoms with van der Waals surface area (Å²) in [4.78, 5) is 0. The first-order chi connectivity index (χ1) is 9.15. The van der Waals surface area contributed by atoms with Crippen molar-refractivity contribution in [3.8, 4) is 11.5 Å². The Morgan fingerprint density at radius 1 is 1.11 bits per heavy atom. The molecule has 1 heterocycles. The summed E-state index contributed by atoms with van der Waals surface area (Å²) in [5.41, 5.74) is 7.76. The van der Waals surface area contributed by atoms with Crippen molar-refractivity contribution in [3.63, 3.8) is 0 Å². The predicted molar refractivity (Wildman–Crippen MR) is 67.4 cm³/mol. The summed E-state index contributed by atoms with van der Waals surface area (Å²) in [6, 6.07) is 7.61. The van der Waals surface area contributed by atoms with Crippen LogP contribution in [0.1, 0.15) is 5.56 Å². The molecular formula is C13H10FN3O2. The molecule has 0 spiro atoms. The summed E-state index contributed by atoms with van der Waals surface area (Å²) in [5.74, 6) is 0.686. The number of hydrogen-bond acceptors (Lipinski definition) is 5. The first-order valence-electron chi connectivity index (χ1n) is 5.60. The highest BCUT2D eigenvalue weighted by molar-refractivity contribution is 5.90. The number of benzene rings is 2. The number of hydrogen-bond donors (Lipinski definition) is 1. The van der Waals surface area contributed by atoms with Crippen molar-refractivity contribution in [1.29, 1.82) is 0 Å². The number of halogens is 1. The van der Waals surface area contributed by atoms with Gasteiger partial charge in [0.1, 0.15) is 11.6 Å². The molecule has 2 aromatic carbocycles. The van der Waals surface area contributed by atoms with E-state index in [1.807, 2.05) is 0 Å². The summed E-state index contributed by atoms with van der Waals surface area (Å²) >= 11 is 0.